The van der Waals surface area contributed by atoms with Crippen LogP contribution in [-0.2, 0) is 9.59 Å². The molecule has 1 aliphatic carbocycles. The lowest BCUT2D eigenvalue weighted by Crippen LogP contribution is -2.22. The third-order valence-corrected chi connectivity index (χ3v) is 4.32. The van der Waals surface area contributed by atoms with Gasteiger partial charge in [0.2, 0.25) is 5.91 Å². The Balaban J connectivity index is 2.20. The van der Waals surface area contributed by atoms with Gasteiger partial charge >= 0.3 is 0 Å². The zero-order valence-corrected chi connectivity index (χ0v) is 14.5. The Morgan fingerprint density at radius 3 is 2.73 bits per heavy atom. The molecule has 0 spiro atoms. The van der Waals surface area contributed by atoms with Gasteiger partial charge in [-0.3, -0.25) is 9.59 Å². The lowest BCUT2D eigenvalue weighted by Gasteiger charge is -2.16. The summed E-state index contributed by atoms with van der Waals surface area (Å²) in [6, 6.07) is 0. The van der Waals surface area contributed by atoms with Crippen molar-refractivity contribution in [3.8, 4) is 0 Å². The summed E-state index contributed by atoms with van der Waals surface area (Å²) in [6.07, 6.45) is 15.5. The molecule has 0 bridgehead atoms. The molecule has 1 aliphatic rings. The van der Waals surface area contributed by atoms with E-state index < -0.39 is 0 Å². The number of hydrogen-bond acceptors (Lipinski definition) is 2. The number of thiol groups is 1. The molecule has 22 heavy (non-hydrogen) atoms. The number of carbonyl (C=O) groups is 2. The van der Waals surface area contributed by atoms with Gasteiger partial charge in [-0.2, -0.15) is 0 Å². The monoisotopic (exact) mass is 323 g/mol. The second kappa shape index (κ2) is 11.5. The molecule has 1 atom stereocenters. The van der Waals surface area contributed by atoms with E-state index in [4.69, 9.17) is 0 Å². The highest BCUT2D eigenvalue weighted by Gasteiger charge is 2.16. The number of unbranched alkanes of at least 4 members (excludes halogenated alkanes) is 5. The van der Waals surface area contributed by atoms with Crippen LogP contribution >= 0.6 is 12.6 Å². The largest absolute Gasteiger partial charge is 0.353 e. The summed E-state index contributed by atoms with van der Waals surface area (Å²) in [4.78, 5) is 23.0. The van der Waals surface area contributed by atoms with E-state index >= 15 is 0 Å². The summed E-state index contributed by atoms with van der Waals surface area (Å²) in [5.74, 6) is -0.142. The Labute approximate surface area is 140 Å². The van der Waals surface area contributed by atoms with Gasteiger partial charge in [0, 0.05) is 18.5 Å². The Kier molecular flexibility index (Phi) is 9.96. The van der Waals surface area contributed by atoms with Crippen LogP contribution in [-0.4, -0.2) is 17.6 Å². The average molecular weight is 324 g/mol. The fourth-order valence-electron chi connectivity index (χ4n) is 2.64. The number of rotatable bonds is 10. The van der Waals surface area contributed by atoms with Crippen LogP contribution in [0.3, 0.4) is 0 Å². The van der Waals surface area contributed by atoms with Crippen molar-refractivity contribution in [3.63, 3.8) is 0 Å². The molecule has 124 valence electrons. The van der Waals surface area contributed by atoms with E-state index in [2.05, 4.69) is 24.9 Å². The number of carbonyl (C=O) groups excluding carboxylic acids is 2. The molecule has 0 saturated carbocycles. The van der Waals surface area contributed by atoms with E-state index in [0.29, 0.717) is 0 Å². The quantitative estimate of drug-likeness (QED) is 0.359. The SMILES string of the molecule is CCCCCCCCNC(=O)C=CC1=CC(C(=O)S)CCC1. The van der Waals surface area contributed by atoms with Gasteiger partial charge in [-0.25, -0.2) is 0 Å². The number of allylic oxidation sites excluding steroid dienone is 3. The van der Waals surface area contributed by atoms with Crippen LogP contribution in [0.2, 0.25) is 0 Å². The number of nitrogens with one attached hydrogen (secondary N) is 1. The highest BCUT2D eigenvalue weighted by atomic mass is 32.1. The predicted molar refractivity (Wildman–Crippen MR) is 94.9 cm³/mol. The van der Waals surface area contributed by atoms with Crippen molar-refractivity contribution >= 4 is 23.7 Å². The molecule has 4 heteroatoms. The fraction of sp³-hybridized carbons (Fsp3) is 0.667. The van der Waals surface area contributed by atoms with E-state index in [1.54, 1.807) is 6.08 Å². The molecule has 0 aromatic heterocycles. The van der Waals surface area contributed by atoms with Crippen LogP contribution in [0, 0.1) is 5.92 Å². The maximum Gasteiger partial charge on any atom is 0.243 e. The summed E-state index contributed by atoms with van der Waals surface area (Å²) in [5, 5.41) is 2.83. The normalized spacial score (nSPS) is 18.3. The number of hydrogen-bond donors (Lipinski definition) is 2. The van der Waals surface area contributed by atoms with E-state index in [1.165, 1.54) is 32.1 Å². The summed E-state index contributed by atoms with van der Waals surface area (Å²) < 4.78 is 0. The van der Waals surface area contributed by atoms with E-state index in [0.717, 1.165) is 37.8 Å². The Morgan fingerprint density at radius 2 is 2.00 bits per heavy atom. The maximum absolute atomic E-state index is 11.7. The first kappa shape index (κ1) is 19.0. The van der Waals surface area contributed by atoms with Gasteiger partial charge in [-0.05, 0) is 25.7 Å². The van der Waals surface area contributed by atoms with E-state index in [9.17, 15) is 9.59 Å². The smallest absolute Gasteiger partial charge is 0.243 e. The Bertz CT molecular complexity index is 415. The molecule has 0 aliphatic heterocycles. The van der Waals surface area contributed by atoms with Crippen molar-refractivity contribution in [2.75, 3.05) is 6.54 Å². The lowest BCUT2D eigenvalue weighted by molar-refractivity contribution is -0.116. The van der Waals surface area contributed by atoms with Crippen molar-refractivity contribution in [3.05, 3.63) is 23.8 Å². The van der Waals surface area contributed by atoms with Crippen LogP contribution in [0.4, 0.5) is 0 Å². The van der Waals surface area contributed by atoms with Crippen molar-refractivity contribution in [2.45, 2.75) is 64.7 Å². The van der Waals surface area contributed by atoms with Gasteiger partial charge in [0.05, 0.1) is 0 Å². The maximum atomic E-state index is 11.7. The average Bonchev–Trinajstić information content (AvgIpc) is 2.52. The summed E-state index contributed by atoms with van der Waals surface area (Å²) in [6.45, 7) is 2.95. The van der Waals surface area contributed by atoms with Crippen LogP contribution in [0.5, 0.6) is 0 Å². The molecular formula is C18H29NO2S. The first-order valence-corrected chi connectivity index (χ1v) is 8.97. The Morgan fingerprint density at radius 1 is 1.27 bits per heavy atom. The predicted octanol–water partition coefficient (Wildman–Crippen LogP) is 4.20. The fourth-order valence-corrected chi connectivity index (χ4v) is 2.85. The molecule has 0 fully saturated rings. The van der Waals surface area contributed by atoms with Gasteiger partial charge < -0.3 is 5.32 Å². The first-order chi connectivity index (χ1) is 10.6. The van der Waals surface area contributed by atoms with E-state index in [-0.39, 0.29) is 16.9 Å². The Hall–Kier alpha value is -1.03. The zero-order valence-electron chi connectivity index (χ0n) is 13.6. The molecule has 1 rings (SSSR count). The standard InChI is InChI=1S/C18H29NO2S/c1-2-3-4-5-6-7-13-19-17(20)12-11-15-9-8-10-16(14-15)18(21)22/h11-12,14,16H,2-10,13H2,1H3,(H,19,20)(H,21,22). The first-order valence-electron chi connectivity index (χ1n) is 8.53. The lowest BCUT2D eigenvalue weighted by atomic mass is 9.91. The van der Waals surface area contributed by atoms with Gasteiger partial charge in [0.15, 0.2) is 5.12 Å². The third-order valence-electron chi connectivity index (χ3n) is 3.99. The van der Waals surface area contributed by atoms with Crippen LogP contribution in [0.25, 0.3) is 0 Å². The molecule has 3 nitrogen and oxygen atoms in total. The molecule has 0 aromatic carbocycles. The molecule has 1 unspecified atom stereocenters. The van der Waals surface area contributed by atoms with Crippen LogP contribution in [0.1, 0.15) is 64.7 Å². The highest BCUT2D eigenvalue weighted by molar-refractivity contribution is 7.96. The van der Waals surface area contributed by atoms with Crippen LogP contribution in [0.15, 0.2) is 23.8 Å². The summed E-state index contributed by atoms with van der Waals surface area (Å²) in [7, 11) is 0. The zero-order chi connectivity index (χ0) is 16.2. The molecule has 0 saturated heterocycles. The second-order valence-corrected chi connectivity index (χ2v) is 6.41. The van der Waals surface area contributed by atoms with Crippen molar-refractivity contribution in [1.29, 1.82) is 0 Å². The van der Waals surface area contributed by atoms with Gasteiger partial charge in [0.1, 0.15) is 0 Å². The van der Waals surface area contributed by atoms with Crippen LogP contribution < -0.4 is 5.32 Å². The molecule has 0 heterocycles. The molecule has 0 radical (unpaired) electrons. The minimum Gasteiger partial charge on any atom is -0.353 e. The molecule has 0 aromatic rings. The third kappa shape index (κ3) is 8.42. The van der Waals surface area contributed by atoms with E-state index in [1.807, 2.05) is 12.2 Å². The summed E-state index contributed by atoms with van der Waals surface area (Å²) >= 11 is 3.89. The van der Waals surface area contributed by atoms with Crippen molar-refractivity contribution < 1.29 is 9.59 Å². The van der Waals surface area contributed by atoms with Crippen molar-refractivity contribution in [2.24, 2.45) is 5.92 Å². The van der Waals surface area contributed by atoms with Gasteiger partial charge in [0.25, 0.3) is 0 Å². The second-order valence-electron chi connectivity index (χ2n) is 5.97. The number of amides is 1. The molecular weight excluding hydrogens is 294 g/mol. The molecule has 1 amide bonds. The minimum absolute atomic E-state index is 0.0474. The minimum atomic E-state index is -0.0945. The van der Waals surface area contributed by atoms with Gasteiger partial charge in [-0.1, -0.05) is 56.8 Å². The highest BCUT2D eigenvalue weighted by Crippen LogP contribution is 2.25. The topological polar surface area (TPSA) is 46.2 Å². The molecule has 1 N–H and O–H groups in total. The van der Waals surface area contributed by atoms with Crippen molar-refractivity contribution in [1.82, 2.24) is 5.32 Å². The van der Waals surface area contributed by atoms with Gasteiger partial charge in [-0.15, -0.1) is 12.6 Å². The summed E-state index contributed by atoms with van der Waals surface area (Å²) in [5.41, 5.74) is 1.06.